The van der Waals surface area contributed by atoms with Crippen LogP contribution in [0.15, 0.2) is 30.5 Å². The third kappa shape index (κ3) is 2.89. The summed E-state index contributed by atoms with van der Waals surface area (Å²) < 4.78 is 2.23. The number of H-pyrrole nitrogens is 1. The number of nitrogens with one attached hydrogen (secondary N) is 1. The number of aromatic amines is 1. The molecule has 0 bridgehead atoms. The highest BCUT2D eigenvalue weighted by molar-refractivity contribution is 5.91. The molecule has 0 aliphatic rings. The molecule has 0 saturated heterocycles. The standard InChI is InChI=1S/C22H28N6/c1-12(2)17-9-15-18(28(17)5)8-13(26-21(15)24)11-22(3,4)19-10-14-16(27-19)6-7-25-20(14)23/h6-10,12,27H,11H2,1-5H3,(H2,23,25)(H2,24,26). The fourth-order valence-electron chi connectivity index (χ4n) is 4.06. The zero-order valence-electron chi connectivity index (χ0n) is 17.2. The number of nitrogens with zero attached hydrogens (tertiary/aromatic N) is 3. The van der Waals surface area contributed by atoms with Crippen LogP contribution < -0.4 is 11.5 Å². The fraction of sp³-hybridized carbons (Fsp3) is 0.364. The lowest BCUT2D eigenvalue weighted by atomic mass is 9.84. The van der Waals surface area contributed by atoms with E-state index in [2.05, 4.69) is 67.5 Å². The minimum Gasteiger partial charge on any atom is -0.383 e. The third-order valence-corrected chi connectivity index (χ3v) is 5.68. The van der Waals surface area contributed by atoms with Gasteiger partial charge in [0, 0.05) is 52.9 Å². The molecule has 0 aromatic carbocycles. The fourth-order valence-corrected chi connectivity index (χ4v) is 4.06. The van der Waals surface area contributed by atoms with E-state index in [4.69, 9.17) is 16.5 Å². The van der Waals surface area contributed by atoms with Gasteiger partial charge >= 0.3 is 0 Å². The van der Waals surface area contributed by atoms with E-state index < -0.39 is 0 Å². The van der Waals surface area contributed by atoms with Crippen molar-refractivity contribution in [2.24, 2.45) is 7.05 Å². The van der Waals surface area contributed by atoms with Crippen LogP contribution in [-0.4, -0.2) is 19.5 Å². The number of nitrogens with two attached hydrogens (primary N) is 2. The van der Waals surface area contributed by atoms with Gasteiger partial charge in [-0.15, -0.1) is 0 Å². The summed E-state index contributed by atoms with van der Waals surface area (Å²) in [7, 11) is 2.10. The second kappa shape index (κ2) is 6.26. The van der Waals surface area contributed by atoms with Gasteiger partial charge in [0.1, 0.15) is 11.6 Å². The van der Waals surface area contributed by atoms with Crippen LogP contribution in [0.2, 0.25) is 0 Å². The SMILES string of the molecule is CC(C)c1cc2c(N)nc(CC(C)(C)c3cc4c(N)nccc4[nH]3)cc2n1C. The number of nitrogen functional groups attached to an aromatic ring is 2. The monoisotopic (exact) mass is 376 g/mol. The van der Waals surface area contributed by atoms with Gasteiger partial charge in [0.15, 0.2) is 0 Å². The number of anilines is 2. The quantitative estimate of drug-likeness (QED) is 0.495. The van der Waals surface area contributed by atoms with Crippen molar-refractivity contribution in [3.63, 3.8) is 0 Å². The van der Waals surface area contributed by atoms with Crippen LogP contribution in [0.25, 0.3) is 21.8 Å². The summed E-state index contributed by atoms with van der Waals surface area (Å²) in [5, 5.41) is 1.98. The van der Waals surface area contributed by atoms with Gasteiger partial charge in [-0.2, -0.15) is 0 Å². The lowest BCUT2D eigenvalue weighted by molar-refractivity contribution is 0.503. The summed E-state index contributed by atoms with van der Waals surface area (Å²) in [5.41, 5.74) is 17.7. The Morgan fingerprint density at radius 2 is 1.86 bits per heavy atom. The van der Waals surface area contributed by atoms with Crippen molar-refractivity contribution in [2.75, 3.05) is 11.5 Å². The highest BCUT2D eigenvalue weighted by atomic mass is 15.0. The Kier molecular flexibility index (Phi) is 4.10. The largest absolute Gasteiger partial charge is 0.383 e. The summed E-state index contributed by atoms with van der Waals surface area (Å²) in [4.78, 5) is 12.4. The second-order valence-electron chi connectivity index (χ2n) is 8.62. The van der Waals surface area contributed by atoms with E-state index in [0.717, 1.165) is 39.6 Å². The van der Waals surface area contributed by atoms with Gasteiger partial charge in [0.2, 0.25) is 0 Å². The van der Waals surface area contributed by atoms with Crippen molar-refractivity contribution in [1.82, 2.24) is 19.5 Å². The maximum atomic E-state index is 6.32. The predicted octanol–water partition coefficient (Wildman–Crippen LogP) is 4.26. The van der Waals surface area contributed by atoms with Gasteiger partial charge < -0.3 is 21.0 Å². The van der Waals surface area contributed by atoms with Crippen LogP contribution in [0.4, 0.5) is 11.6 Å². The van der Waals surface area contributed by atoms with E-state index in [1.165, 1.54) is 5.69 Å². The summed E-state index contributed by atoms with van der Waals surface area (Å²) >= 11 is 0. The lowest BCUT2D eigenvalue weighted by Gasteiger charge is -2.23. The van der Waals surface area contributed by atoms with Gasteiger partial charge in [-0.25, -0.2) is 9.97 Å². The maximum Gasteiger partial charge on any atom is 0.133 e. The molecule has 0 amide bonds. The summed E-state index contributed by atoms with van der Waals surface area (Å²) in [6.07, 6.45) is 2.48. The van der Waals surface area contributed by atoms with E-state index in [-0.39, 0.29) is 5.41 Å². The third-order valence-electron chi connectivity index (χ3n) is 5.68. The number of aryl methyl sites for hydroxylation is 1. The van der Waals surface area contributed by atoms with Crippen molar-refractivity contribution in [2.45, 2.75) is 45.4 Å². The van der Waals surface area contributed by atoms with Crippen molar-refractivity contribution < 1.29 is 0 Å². The Balaban J connectivity index is 1.75. The first-order chi connectivity index (χ1) is 13.2. The molecule has 4 aromatic rings. The van der Waals surface area contributed by atoms with E-state index in [0.29, 0.717) is 17.6 Å². The van der Waals surface area contributed by atoms with Crippen molar-refractivity contribution in [1.29, 1.82) is 0 Å². The van der Waals surface area contributed by atoms with Crippen LogP contribution in [0.3, 0.4) is 0 Å². The molecule has 4 aromatic heterocycles. The zero-order chi connectivity index (χ0) is 20.2. The average Bonchev–Trinajstić information content (AvgIpc) is 3.19. The Labute approximate surface area is 165 Å². The highest BCUT2D eigenvalue weighted by Gasteiger charge is 2.25. The topological polar surface area (TPSA) is 98.5 Å². The lowest BCUT2D eigenvalue weighted by Crippen LogP contribution is -2.22. The highest BCUT2D eigenvalue weighted by Crippen LogP contribution is 2.33. The first-order valence-electron chi connectivity index (χ1n) is 9.66. The minimum absolute atomic E-state index is 0.162. The Hall–Kier alpha value is -3.02. The van der Waals surface area contributed by atoms with Gasteiger partial charge in [0.25, 0.3) is 0 Å². The molecule has 28 heavy (non-hydrogen) atoms. The first-order valence-corrected chi connectivity index (χ1v) is 9.66. The number of fused-ring (bicyclic) bond motifs is 2. The molecule has 0 saturated carbocycles. The second-order valence-corrected chi connectivity index (χ2v) is 8.62. The van der Waals surface area contributed by atoms with Crippen LogP contribution in [-0.2, 0) is 18.9 Å². The number of hydrogen-bond donors (Lipinski definition) is 3. The Bertz CT molecular complexity index is 1180. The van der Waals surface area contributed by atoms with Crippen LogP contribution in [0, 0.1) is 0 Å². The molecular formula is C22H28N6. The molecular weight excluding hydrogens is 348 g/mol. The Morgan fingerprint density at radius 3 is 2.54 bits per heavy atom. The maximum absolute atomic E-state index is 6.32. The molecule has 0 fully saturated rings. The number of pyridine rings is 2. The molecule has 0 unspecified atom stereocenters. The number of hydrogen-bond acceptors (Lipinski definition) is 4. The minimum atomic E-state index is -0.162. The summed E-state index contributed by atoms with van der Waals surface area (Å²) in [6, 6.07) is 8.37. The molecule has 0 spiro atoms. The molecule has 0 aliphatic heterocycles. The van der Waals surface area contributed by atoms with Gasteiger partial charge in [-0.1, -0.05) is 27.7 Å². The molecule has 0 radical (unpaired) electrons. The number of rotatable bonds is 4. The van der Waals surface area contributed by atoms with E-state index in [9.17, 15) is 0 Å². The van der Waals surface area contributed by atoms with Gasteiger partial charge in [-0.05, 0) is 30.2 Å². The van der Waals surface area contributed by atoms with Crippen molar-refractivity contribution in [3.8, 4) is 0 Å². The van der Waals surface area contributed by atoms with Crippen LogP contribution >= 0.6 is 0 Å². The van der Waals surface area contributed by atoms with Crippen LogP contribution in [0.5, 0.6) is 0 Å². The average molecular weight is 377 g/mol. The summed E-state index contributed by atoms with van der Waals surface area (Å²) in [6.45, 7) is 8.79. The van der Waals surface area contributed by atoms with E-state index >= 15 is 0 Å². The molecule has 6 heteroatoms. The van der Waals surface area contributed by atoms with E-state index in [1.807, 2.05) is 6.07 Å². The molecule has 6 nitrogen and oxygen atoms in total. The van der Waals surface area contributed by atoms with Gasteiger partial charge in [-0.3, -0.25) is 0 Å². The van der Waals surface area contributed by atoms with Crippen LogP contribution in [0.1, 0.15) is 50.7 Å². The summed E-state index contributed by atoms with van der Waals surface area (Å²) in [5.74, 6) is 1.57. The van der Waals surface area contributed by atoms with E-state index in [1.54, 1.807) is 6.20 Å². The first kappa shape index (κ1) is 18.3. The Morgan fingerprint density at radius 1 is 1.11 bits per heavy atom. The van der Waals surface area contributed by atoms with Gasteiger partial charge in [0.05, 0.1) is 11.0 Å². The predicted molar refractivity (Wildman–Crippen MR) is 116 cm³/mol. The molecule has 4 heterocycles. The van der Waals surface area contributed by atoms with Crippen molar-refractivity contribution >= 4 is 33.4 Å². The smallest absolute Gasteiger partial charge is 0.133 e. The van der Waals surface area contributed by atoms with Crippen molar-refractivity contribution in [3.05, 3.63) is 47.5 Å². The molecule has 5 N–H and O–H groups in total. The normalized spacial score (nSPS) is 12.5. The number of aromatic nitrogens is 4. The molecule has 0 atom stereocenters. The molecule has 4 rings (SSSR count). The zero-order valence-corrected chi connectivity index (χ0v) is 17.2. The molecule has 146 valence electrons. The molecule has 0 aliphatic carbocycles.